The number of esters is 1. The highest BCUT2D eigenvalue weighted by atomic mass is 35.5. The number of benzene rings is 2. The SMILES string of the molecule is CCn1nnc2c(C)c([C@@H](CC(=O)OC(C)(C)C)c3ccc(C)c(CCl)c3)ccc21. The Morgan fingerprint density at radius 2 is 1.93 bits per heavy atom. The number of rotatable bonds is 6. The zero-order valence-corrected chi connectivity index (χ0v) is 19.4. The first-order chi connectivity index (χ1) is 14.1. The van der Waals surface area contributed by atoms with Crippen molar-refractivity contribution in [1.29, 1.82) is 0 Å². The van der Waals surface area contributed by atoms with Crippen LogP contribution in [-0.2, 0) is 22.0 Å². The van der Waals surface area contributed by atoms with Crippen molar-refractivity contribution in [3.05, 3.63) is 58.1 Å². The number of hydrogen-bond acceptors (Lipinski definition) is 4. The first-order valence-corrected chi connectivity index (χ1v) is 10.9. The molecule has 30 heavy (non-hydrogen) atoms. The number of ether oxygens (including phenoxy) is 1. The normalized spacial score (nSPS) is 12.9. The Morgan fingerprint density at radius 1 is 1.20 bits per heavy atom. The predicted molar refractivity (Wildman–Crippen MR) is 121 cm³/mol. The molecule has 0 unspecified atom stereocenters. The summed E-state index contributed by atoms with van der Waals surface area (Å²) in [6.45, 7) is 12.6. The summed E-state index contributed by atoms with van der Waals surface area (Å²) in [5.41, 5.74) is 6.69. The van der Waals surface area contributed by atoms with Gasteiger partial charge in [0, 0.05) is 18.3 Å². The Bertz CT molecular complexity index is 1070. The third-order valence-corrected chi connectivity index (χ3v) is 5.66. The summed E-state index contributed by atoms with van der Waals surface area (Å²) in [7, 11) is 0. The molecule has 3 aromatic rings. The van der Waals surface area contributed by atoms with Crippen molar-refractivity contribution < 1.29 is 9.53 Å². The van der Waals surface area contributed by atoms with Gasteiger partial charge in [0.05, 0.1) is 11.9 Å². The van der Waals surface area contributed by atoms with Crippen LogP contribution in [0.4, 0.5) is 0 Å². The Hall–Kier alpha value is -2.40. The fourth-order valence-corrected chi connectivity index (χ4v) is 4.09. The molecule has 1 aromatic heterocycles. The summed E-state index contributed by atoms with van der Waals surface area (Å²) in [6.07, 6.45) is 0.246. The second kappa shape index (κ2) is 8.76. The zero-order chi connectivity index (χ0) is 22.1. The quantitative estimate of drug-likeness (QED) is 0.375. The number of aromatic nitrogens is 3. The summed E-state index contributed by atoms with van der Waals surface area (Å²) in [6, 6.07) is 10.4. The van der Waals surface area contributed by atoms with Gasteiger partial charge >= 0.3 is 5.97 Å². The molecule has 0 saturated carbocycles. The standard InChI is InChI=1S/C24H30ClN3O2/c1-7-28-21-11-10-19(16(3)23(21)26-27-28)20(13-22(29)30-24(4,5)6)17-9-8-15(2)18(12-17)14-25/h8-12,20H,7,13-14H2,1-6H3/t20-/m0/s1. The van der Waals surface area contributed by atoms with Gasteiger partial charge in [0.15, 0.2) is 0 Å². The van der Waals surface area contributed by atoms with Gasteiger partial charge in [-0.2, -0.15) is 0 Å². The van der Waals surface area contributed by atoms with Crippen LogP contribution < -0.4 is 0 Å². The van der Waals surface area contributed by atoms with Crippen molar-refractivity contribution >= 4 is 28.6 Å². The lowest BCUT2D eigenvalue weighted by Crippen LogP contribution is -2.25. The lowest BCUT2D eigenvalue weighted by molar-refractivity contribution is -0.155. The van der Waals surface area contributed by atoms with Gasteiger partial charge in [0.2, 0.25) is 0 Å². The minimum atomic E-state index is -0.529. The molecule has 0 fully saturated rings. The lowest BCUT2D eigenvalue weighted by atomic mass is 9.84. The molecular formula is C24H30ClN3O2. The molecule has 0 spiro atoms. The molecule has 2 aromatic carbocycles. The highest BCUT2D eigenvalue weighted by Crippen LogP contribution is 2.35. The molecule has 0 amide bonds. The number of fused-ring (bicyclic) bond motifs is 1. The molecule has 1 heterocycles. The van der Waals surface area contributed by atoms with Crippen LogP contribution in [0.1, 0.15) is 67.9 Å². The number of nitrogens with zero attached hydrogens (tertiary/aromatic N) is 3. The van der Waals surface area contributed by atoms with E-state index in [1.807, 2.05) is 52.3 Å². The van der Waals surface area contributed by atoms with Crippen LogP contribution in [0.2, 0.25) is 0 Å². The van der Waals surface area contributed by atoms with E-state index < -0.39 is 5.60 Å². The van der Waals surface area contributed by atoms with Crippen LogP contribution in [0, 0.1) is 13.8 Å². The molecule has 0 bridgehead atoms. The summed E-state index contributed by atoms with van der Waals surface area (Å²) in [4.78, 5) is 12.8. The number of alkyl halides is 1. The van der Waals surface area contributed by atoms with E-state index in [0.29, 0.717) is 5.88 Å². The molecule has 3 rings (SSSR count). The molecule has 0 aliphatic rings. The van der Waals surface area contributed by atoms with Crippen LogP contribution in [0.3, 0.4) is 0 Å². The van der Waals surface area contributed by atoms with Crippen molar-refractivity contribution in [3.63, 3.8) is 0 Å². The number of halogens is 1. The van der Waals surface area contributed by atoms with Gasteiger partial charge in [-0.05, 0) is 75.4 Å². The van der Waals surface area contributed by atoms with Crippen molar-refractivity contribution in [3.8, 4) is 0 Å². The van der Waals surface area contributed by atoms with Crippen molar-refractivity contribution in [1.82, 2.24) is 15.0 Å². The highest BCUT2D eigenvalue weighted by Gasteiger charge is 2.26. The van der Waals surface area contributed by atoms with Crippen LogP contribution in [0.15, 0.2) is 30.3 Å². The van der Waals surface area contributed by atoms with Crippen LogP contribution in [-0.4, -0.2) is 26.6 Å². The molecule has 160 valence electrons. The minimum absolute atomic E-state index is 0.154. The van der Waals surface area contributed by atoms with E-state index in [0.717, 1.165) is 45.4 Å². The van der Waals surface area contributed by atoms with E-state index in [4.69, 9.17) is 16.3 Å². The van der Waals surface area contributed by atoms with E-state index in [9.17, 15) is 4.79 Å². The number of carbonyl (C=O) groups excluding carboxylic acids is 1. The molecule has 6 heteroatoms. The summed E-state index contributed by atoms with van der Waals surface area (Å²) < 4.78 is 7.52. The second-order valence-electron chi connectivity index (χ2n) is 8.72. The van der Waals surface area contributed by atoms with Gasteiger partial charge in [-0.25, -0.2) is 4.68 Å². The zero-order valence-electron chi connectivity index (χ0n) is 18.6. The van der Waals surface area contributed by atoms with Crippen molar-refractivity contribution in [2.45, 2.75) is 71.9 Å². The van der Waals surface area contributed by atoms with Gasteiger partial charge in [0.25, 0.3) is 0 Å². The lowest BCUT2D eigenvalue weighted by Gasteiger charge is -2.24. The maximum Gasteiger partial charge on any atom is 0.307 e. The number of aryl methyl sites for hydroxylation is 3. The Kier molecular flexibility index (Phi) is 6.51. The fourth-order valence-electron chi connectivity index (χ4n) is 3.80. The topological polar surface area (TPSA) is 57.0 Å². The maximum atomic E-state index is 12.8. The molecule has 0 radical (unpaired) electrons. The molecule has 0 saturated heterocycles. The van der Waals surface area contributed by atoms with Gasteiger partial charge in [-0.15, -0.1) is 16.7 Å². The number of carbonyl (C=O) groups is 1. The van der Waals surface area contributed by atoms with E-state index in [2.05, 4.69) is 34.6 Å². The number of hydrogen-bond donors (Lipinski definition) is 0. The molecule has 0 aliphatic heterocycles. The molecule has 0 aliphatic carbocycles. The Balaban J connectivity index is 2.10. The third kappa shape index (κ3) is 4.67. The van der Waals surface area contributed by atoms with E-state index in [1.54, 1.807) is 0 Å². The van der Waals surface area contributed by atoms with E-state index in [-0.39, 0.29) is 18.3 Å². The predicted octanol–water partition coefficient (Wildman–Crippen LogP) is 5.67. The molecule has 1 atom stereocenters. The van der Waals surface area contributed by atoms with Crippen molar-refractivity contribution in [2.24, 2.45) is 0 Å². The van der Waals surface area contributed by atoms with E-state index >= 15 is 0 Å². The van der Waals surface area contributed by atoms with Crippen LogP contribution in [0.5, 0.6) is 0 Å². The Morgan fingerprint density at radius 3 is 2.57 bits per heavy atom. The minimum Gasteiger partial charge on any atom is -0.460 e. The largest absolute Gasteiger partial charge is 0.460 e. The fraction of sp³-hybridized carbons (Fsp3) is 0.458. The van der Waals surface area contributed by atoms with Crippen LogP contribution >= 0.6 is 11.6 Å². The summed E-state index contributed by atoms with van der Waals surface area (Å²) in [5, 5.41) is 8.64. The average molecular weight is 428 g/mol. The molecule has 0 N–H and O–H groups in total. The average Bonchev–Trinajstić information content (AvgIpc) is 3.10. The smallest absolute Gasteiger partial charge is 0.307 e. The summed E-state index contributed by atoms with van der Waals surface area (Å²) in [5.74, 6) is 0.0533. The van der Waals surface area contributed by atoms with Crippen LogP contribution in [0.25, 0.3) is 11.0 Å². The van der Waals surface area contributed by atoms with Crippen molar-refractivity contribution in [2.75, 3.05) is 0 Å². The first-order valence-electron chi connectivity index (χ1n) is 10.3. The van der Waals surface area contributed by atoms with Gasteiger partial charge in [0.1, 0.15) is 11.1 Å². The van der Waals surface area contributed by atoms with Gasteiger partial charge in [-0.3, -0.25) is 4.79 Å². The molecule has 5 nitrogen and oxygen atoms in total. The monoisotopic (exact) mass is 427 g/mol. The third-order valence-electron chi connectivity index (χ3n) is 5.37. The maximum absolute atomic E-state index is 12.8. The first kappa shape index (κ1) is 22.3. The highest BCUT2D eigenvalue weighted by molar-refractivity contribution is 6.17. The summed E-state index contributed by atoms with van der Waals surface area (Å²) >= 11 is 6.16. The Labute approximate surface area is 183 Å². The van der Waals surface area contributed by atoms with E-state index in [1.165, 1.54) is 0 Å². The van der Waals surface area contributed by atoms with Gasteiger partial charge < -0.3 is 4.74 Å². The molecular weight excluding hydrogens is 398 g/mol. The van der Waals surface area contributed by atoms with Gasteiger partial charge in [-0.1, -0.05) is 29.5 Å². The second-order valence-corrected chi connectivity index (χ2v) is 8.98.